The second-order valence-corrected chi connectivity index (χ2v) is 7.66. The number of nitrogens with one attached hydrogen (secondary N) is 1. The quantitative estimate of drug-likeness (QED) is 0.563. The fourth-order valence-electron chi connectivity index (χ4n) is 3.82. The first-order valence-corrected chi connectivity index (χ1v) is 10.4. The van der Waals surface area contributed by atoms with E-state index in [-0.39, 0.29) is 5.91 Å². The van der Waals surface area contributed by atoms with Gasteiger partial charge in [0.1, 0.15) is 6.04 Å². The molecule has 0 saturated carbocycles. The first-order valence-electron chi connectivity index (χ1n) is 10.4. The van der Waals surface area contributed by atoms with Gasteiger partial charge in [-0.15, -0.1) is 0 Å². The summed E-state index contributed by atoms with van der Waals surface area (Å²) < 4.78 is 38.7. The predicted molar refractivity (Wildman–Crippen MR) is 104 cm³/mol. The number of nitrogens with zero attached hydrogens (tertiary/aromatic N) is 4. The van der Waals surface area contributed by atoms with E-state index in [1.807, 2.05) is 16.7 Å². The molecule has 1 amide bonds. The monoisotopic (exact) mass is 405 g/mol. The molecule has 2 saturated heterocycles. The molecular weight excluding hydrogens is 371 g/mol. The van der Waals surface area contributed by atoms with E-state index >= 15 is 0 Å². The number of piperidine rings is 1. The highest BCUT2D eigenvalue weighted by Crippen LogP contribution is 2.25. The summed E-state index contributed by atoms with van der Waals surface area (Å²) in [7, 11) is 0. The Bertz CT molecular complexity index is 532. The van der Waals surface area contributed by atoms with E-state index in [4.69, 9.17) is 0 Å². The summed E-state index contributed by atoms with van der Waals surface area (Å²) in [6.07, 6.45) is -0.551. The number of amides is 1. The van der Waals surface area contributed by atoms with Crippen molar-refractivity contribution >= 4 is 11.9 Å². The van der Waals surface area contributed by atoms with E-state index in [1.165, 1.54) is 18.2 Å². The fourth-order valence-corrected chi connectivity index (χ4v) is 3.82. The zero-order valence-corrected chi connectivity index (χ0v) is 17.3. The number of guanidine groups is 1. The molecule has 0 aromatic heterocycles. The summed E-state index contributed by atoms with van der Waals surface area (Å²) in [4.78, 5) is 22.4. The minimum Gasteiger partial charge on any atom is -0.357 e. The summed E-state index contributed by atoms with van der Waals surface area (Å²) in [6, 6.07) is -1.14. The summed E-state index contributed by atoms with van der Waals surface area (Å²) in [5.41, 5.74) is 0. The Hall–Kier alpha value is -1.51. The molecule has 2 fully saturated rings. The predicted octanol–water partition coefficient (Wildman–Crippen LogP) is 2.31. The minimum atomic E-state index is -4.20. The van der Waals surface area contributed by atoms with Crippen molar-refractivity contribution in [3.63, 3.8) is 0 Å². The van der Waals surface area contributed by atoms with Gasteiger partial charge in [-0.1, -0.05) is 0 Å². The molecule has 0 spiro atoms. The Balaban J connectivity index is 1.86. The fraction of sp³-hybridized carbons (Fsp3) is 0.895. The van der Waals surface area contributed by atoms with Gasteiger partial charge in [0.15, 0.2) is 5.96 Å². The molecule has 2 aliphatic heterocycles. The number of carbonyl (C=O) groups excluding carboxylic acids is 1. The van der Waals surface area contributed by atoms with Crippen LogP contribution < -0.4 is 5.32 Å². The van der Waals surface area contributed by atoms with E-state index in [1.54, 1.807) is 0 Å². The number of aliphatic imine (C=N–C) groups is 1. The number of alkyl halides is 3. The molecule has 0 aliphatic carbocycles. The molecule has 6 nitrogen and oxygen atoms in total. The number of rotatable bonds is 5. The van der Waals surface area contributed by atoms with Gasteiger partial charge in [0.25, 0.3) is 0 Å². The van der Waals surface area contributed by atoms with Crippen LogP contribution in [0.1, 0.15) is 46.5 Å². The molecule has 9 heteroatoms. The van der Waals surface area contributed by atoms with Crippen molar-refractivity contribution in [1.29, 1.82) is 0 Å². The number of carbonyl (C=O) groups is 1. The Labute approximate surface area is 166 Å². The van der Waals surface area contributed by atoms with Gasteiger partial charge in [0, 0.05) is 51.7 Å². The van der Waals surface area contributed by atoms with Crippen molar-refractivity contribution in [2.45, 2.75) is 64.7 Å². The molecule has 0 aromatic rings. The van der Waals surface area contributed by atoms with Gasteiger partial charge in [-0.2, -0.15) is 13.2 Å². The van der Waals surface area contributed by atoms with Crippen LogP contribution in [0.5, 0.6) is 0 Å². The zero-order chi connectivity index (χ0) is 20.7. The summed E-state index contributed by atoms with van der Waals surface area (Å²) in [6.45, 7) is 8.81. The Morgan fingerprint density at radius 3 is 2.43 bits per heavy atom. The van der Waals surface area contributed by atoms with Gasteiger partial charge < -0.3 is 15.1 Å². The molecule has 0 radical (unpaired) electrons. The SMILES string of the molecule is CCNC(=NCCC(=O)N1CCCCC1C)N1CCN(C(C)C(F)(F)F)CC1. The molecular formula is C19H34F3N5O. The van der Waals surface area contributed by atoms with Crippen molar-refractivity contribution < 1.29 is 18.0 Å². The van der Waals surface area contributed by atoms with Crippen LogP contribution >= 0.6 is 0 Å². The molecule has 0 aromatic carbocycles. The van der Waals surface area contributed by atoms with E-state index in [0.717, 1.165) is 19.4 Å². The summed E-state index contributed by atoms with van der Waals surface area (Å²) in [5.74, 6) is 0.817. The van der Waals surface area contributed by atoms with Gasteiger partial charge >= 0.3 is 6.18 Å². The largest absolute Gasteiger partial charge is 0.403 e. The van der Waals surface area contributed by atoms with Gasteiger partial charge in [0.05, 0.1) is 6.54 Å². The molecule has 2 atom stereocenters. The van der Waals surface area contributed by atoms with Crippen LogP contribution in [-0.4, -0.2) is 90.6 Å². The maximum atomic E-state index is 12.9. The molecule has 2 aliphatic rings. The third-order valence-electron chi connectivity index (χ3n) is 5.68. The highest BCUT2D eigenvalue weighted by molar-refractivity contribution is 5.81. The molecule has 2 unspecified atom stereocenters. The van der Waals surface area contributed by atoms with Crippen LogP contribution in [0.3, 0.4) is 0 Å². The second kappa shape index (κ2) is 10.3. The van der Waals surface area contributed by atoms with Crippen LogP contribution in [0.4, 0.5) is 13.2 Å². The lowest BCUT2D eigenvalue weighted by Gasteiger charge is -2.39. The number of hydrogen-bond donors (Lipinski definition) is 1. The lowest BCUT2D eigenvalue weighted by Crippen LogP contribution is -2.56. The first-order chi connectivity index (χ1) is 13.2. The maximum absolute atomic E-state index is 12.9. The third kappa shape index (κ3) is 6.25. The second-order valence-electron chi connectivity index (χ2n) is 7.66. The molecule has 2 rings (SSSR count). The summed E-state index contributed by atoms with van der Waals surface area (Å²) in [5, 5.41) is 3.20. The van der Waals surface area contributed by atoms with E-state index < -0.39 is 12.2 Å². The van der Waals surface area contributed by atoms with Crippen molar-refractivity contribution in [1.82, 2.24) is 20.0 Å². The van der Waals surface area contributed by atoms with E-state index in [2.05, 4.69) is 17.2 Å². The minimum absolute atomic E-state index is 0.135. The molecule has 28 heavy (non-hydrogen) atoms. The van der Waals surface area contributed by atoms with Crippen molar-refractivity contribution in [3.8, 4) is 0 Å². The van der Waals surface area contributed by atoms with Gasteiger partial charge in [0.2, 0.25) is 5.91 Å². The molecule has 2 heterocycles. The molecule has 1 N–H and O–H groups in total. The third-order valence-corrected chi connectivity index (χ3v) is 5.68. The Morgan fingerprint density at radius 1 is 1.18 bits per heavy atom. The number of likely N-dealkylation sites (tertiary alicyclic amines) is 1. The van der Waals surface area contributed by atoms with Crippen LogP contribution in [0.15, 0.2) is 4.99 Å². The van der Waals surface area contributed by atoms with Gasteiger partial charge in [-0.05, 0) is 40.0 Å². The summed E-state index contributed by atoms with van der Waals surface area (Å²) >= 11 is 0. The number of hydrogen-bond acceptors (Lipinski definition) is 3. The molecule has 162 valence electrons. The van der Waals surface area contributed by atoms with Crippen molar-refractivity contribution in [2.24, 2.45) is 4.99 Å². The average Bonchev–Trinajstić information content (AvgIpc) is 2.66. The highest BCUT2D eigenvalue weighted by Gasteiger charge is 2.41. The average molecular weight is 406 g/mol. The number of piperazine rings is 1. The van der Waals surface area contributed by atoms with Crippen LogP contribution in [0.25, 0.3) is 0 Å². The number of halogens is 3. The van der Waals surface area contributed by atoms with E-state index in [9.17, 15) is 18.0 Å². The lowest BCUT2D eigenvalue weighted by atomic mass is 10.0. The van der Waals surface area contributed by atoms with E-state index in [0.29, 0.717) is 57.7 Å². The zero-order valence-electron chi connectivity index (χ0n) is 17.3. The Kier molecular flexibility index (Phi) is 8.39. The van der Waals surface area contributed by atoms with Crippen LogP contribution in [-0.2, 0) is 4.79 Å². The molecule has 0 bridgehead atoms. The topological polar surface area (TPSA) is 51.2 Å². The maximum Gasteiger partial charge on any atom is 0.403 e. The van der Waals surface area contributed by atoms with Crippen molar-refractivity contribution in [3.05, 3.63) is 0 Å². The van der Waals surface area contributed by atoms with Crippen LogP contribution in [0.2, 0.25) is 0 Å². The van der Waals surface area contributed by atoms with Crippen molar-refractivity contribution in [2.75, 3.05) is 45.8 Å². The van der Waals surface area contributed by atoms with Crippen LogP contribution in [0, 0.1) is 0 Å². The van der Waals surface area contributed by atoms with Gasteiger partial charge in [-0.25, -0.2) is 0 Å². The highest BCUT2D eigenvalue weighted by atomic mass is 19.4. The normalized spacial score (nSPS) is 23.6. The lowest BCUT2D eigenvalue weighted by molar-refractivity contribution is -0.181. The van der Waals surface area contributed by atoms with Gasteiger partial charge in [-0.3, -0.25) is 14.7 Å². The standard InChI is InChI=1S/C19H34F3N5O/c1-4-23-18(24-9-8-17(28)27-10-6-5-7-15(27)2)26-13-11-25(12-14-26)16(3)19(20,21)22/h15-16H,4-14H2,1-3H3,(H,23,24). The first kappa shape index (κ1) is 22.8. The Morgan fingerprint density at radius 2 is 1.86 bits per heavy atom. The smallest absolute Gasteiger partial charge is 0.357 e.